The first kappa shape index (κ1) is 16.0. The molecule has 0 spiro atoms. The van der Waals surface area contributed by atoms with Gasteiger partial charge >= 0.3 is 0 Å². The van der Waals surface area contributed by atoms with Crippen molar-refractivity contribution in [3.63, 3.8) is 0 Å². The molecule has 0 aliphatic rings. The fraction of sp³-hybridized carbons (Fsp3) is 0.105. The minimum atomic E-state index is -0.387. The van der Waals surface area contributed by atoms with Crippen molar-refractivity contribution in [2.75, 3.05) is 5.32 Å². The summed E-state index contributed by atoms with van der Waals surface area (Å²) in [4.78, 5) is 12.3. The number of anilines is 1. The summed E-state index contributed by atoms with van der Waals surface area (Å²) in [5.41, 5.74) is 2.90. The van der Waals surface area contributed by atoms with Crippen molar-refractivity contribution < 1.29 is 18.7 Å². The van der Waals surface area contributed by atoms with E-state index < -0.39 is 0 Å². The monoisotopic (exact) mass is 325 g/mol. The van der Waals surface area contributed by atoms with E-state index in [1.807, 2.05) is 13.0 Å². The van der Waals surface area contributed by atoms with Crippen LogP contribution in [0.2, 0.25) is 0 Å². The molecule has 122 valence electrons. The smallest absolute Gasteiger partial charge is 0.291 e. The molecule has 0 radical (unpaired) electrons. The summed E-state index contributed by atoms with van der Waals surface area (Å²) in [6, 6.07) is 14.4. The molecule has 1 amide bonds. The van der Waals surface area contributed by atoms with E-state index in [9.17, 15) is 14.3 Å². The predicted molar refractivity (Wildman–Crippen MR) is 89.2 cm³/mol. The van der Waals surface area contributed by atoms with Crippen molar-refractivity contribution in [3.8, 4) is 11.3 Å². The summed E-state index contributed by atoms with van der Waals surface area (Å²) in [5.74, 6) is -0.0758. The zero-order valence-corrected chi connectivity index (χ0v) is 13.0. The third kappa shape index (κ3) is 3.36. The van der Waals surface area contributed by atoms with Crippen molar-refractivity contribution in [2.45, 2.75) is 13.5 Å². The second kappa shape index (κ2) is 6.68. The van der Waals surface area contributed by atoms with Crippen LogP contribution >= 0.6 is 0 Å². The number of aliphatic hydroxyl groups is 1. The number of amides is 1. The topological polar surface area (TPSA) is 62.5 Å². The Morgan fingerprint density at radius 2 is 1.88 bits per heavy atom. The molecule has 4 nitrogen and oxygen atoms in total. The number of carbonyl (C=O) groups excluding carboxylic acids is 1. The number of aryl methyl sites for hydroxylation is 1. The Balaban J connectivity index is 1.80. The second-order valence-electron chi connectivity index (χ2n) is 5.43. The number of carbonyl (C=O) groups is 1. The lowest BCUT2D eigenvalue weighted by Gasteiger charge is -2.08. The average Bonchev–Trinajstić information content (AvgIpc) is 3.07. The molecule has 0 unspecified atom stereocenters. The van der Waals surface area contributed by atoms with Gasteiger partial charge in [-0.05, 0) is 60.5 Å². The summed E-state index contributed by atoms with van der Waals surface area (Å²) in [6.07, 6.45) is 0. The van der Waals surface area contributed by atoms with Gasteiger partial charge in [-0.1, -0.05) is 12.1 Å². The van der Waals surface area contributed by atoms with Crippen LogP contribution in [-0.2, 0) is 6.61 Å². The van der Waals surface area contributed by atoms with Crippen LogP contribution in [0.3, 0.4) is 0 Å². The lowest BCUT2D eigenvalue weighted by molar-refractivity contribution is 0.0997. The van der Waals surface area contributed by atoms with Gasteiger partial charge in [0, 0.05) is 11.3 Å². The fourth-order valence-corrected chi connectivity index (χ4v) is 2.32. The minimum absolute atomic E-state index is 0.0986. The first-order chi connectivity index (χ1) is 11.6. The van der Waals surface area contributed by atoms with Crippen molar-refractivity contribution in [2.24, 2.45) is 0 Å². The maximum atomic E-state index is 13.0. The Morgan fingerprint density at radius 1 is 1.12 bits per heavy atom. The number of nitrogens with one attached hydrogen (secondary N) is 1. The number of hydrogen-bond donors (Lipinski definition) is 2. The minimum Gasteiger partial charge on any atom is -0.451 e. The number of halogens is 1. The molecule has 3 rings (SSSR count). The van der Waals surface area contributed by atoms with E-state index in [0.717, 1.165) is 5.56 Å². The van der Waals surface area contributed by atoms with Crippen LogP contribution in [-0.4, -0.2) is 11.0 Å². The van der Waals surface area contributed by atoms with E-state index >= 15 is 0 Å². The summed E-state index contributed by atoms with van der Waals surface area (Å²) >= 11 is 0. The predicted octanol–water partition coefficient (Wildman–Crippen LogP) is 4.14. The Kier molecular flexibility index (Phi) is 4.44. The molecule has 0 fully saturated rings. The number of rotatable bonds is 4. The highest BCUT2D eigenvalue weighted by Gasteiger charge is 2.14. The van der Waals surface area contributed by atoms with E-state index in [1.165, 1.54) is 12.1 Å². The van der Waals surface area contributed by atoms with Crippen LogP contribution in [0, 0.1) is 12.7 Å². The molecule has 0 aliphatic carbocycles. The van der Waals surface area contributed by atoms with Gasteiger partial charge in [-0.3, -0.25) is 4.79 Å². The fourth-order valence-electron chi connectivity index (χ4n) is 2.32. The summed E-state index contributed by atoms with van der Waals surface area (Å²) in [6.45, 7) is 1.77. The summed E-state index contributed by atoms with van der Waals surface area (Å²) in [7, 11) is 0. The Bertz CT molecular complexity index is 869. The van der Waals surface area contributed by atoms with E-state index in [4.69, 9.17) is 4.42 Å². The third-order valence-corrected chi connectivity index (χ3v) is 3.69. The van der Waals surface area contributed by atoms with Crippen LogP contribution in [0.25, 0.3) is 11.3 Å². The highest BCUT2D eigenvalue weighted by atomic mass is 19.1. The van der Waals surface area contributed by atoms with E-state index in [-0.39, 0.29) is 24.1 Å². The van der Waals surface area contributed by atoms with Crippen LogP contribution < -0.4 is 5.32 Å². The molecule has 24 heavy (non-hydrogen) atoms. The van der Waals surface area contributed by atoms with Gasteiger partial charge in [0.25, 0.3) is 5.91 Å². The molecule has 0 saturated carbocycles. The molecule has 0 bridgehead atoms. The summed E-state index contributed by atoms with van der Waals surface area (Å²) in [5, 5.41) is 12.0. The van der Waals surface area contributed by atoms with Crippen molar-refractivity contribution in [1.82, 2.24) is 0 Å². The van der Waals surface area contributed by atoms with Gasteiger partial charge in [0.15, 0.2) is 5.76 Å². The molecule has 1 aromatic heterocycles. The van der Waals surface area contributed by atoms with Crippen molar-refractivity contribution >= 4 is 11.6 Å². The van der Waals surface area contributed by atoms with Gasteiger partial charge in [0.1, 0.15) is 11.6 Å². The molecular weight excluding hydrogens is 309 g/mol. The molecule has 1 heterocycles. The zero-order valence-electron chi connectivity index (χ0n) is 13.0. The molecule has 0 aliphatic heterocycles. The first-order valence-corrected chi connectivity index (χ1v) is 7.44. The standard InChI is InChI=1S/C19H16FNO3/c1-12-2-3-13(11-22)10-16(12)21-19(23)18-9-8-17(24-18)14-4-6-15(20)7-5-14/h2-10,22H,11H2,1H3,(H,21,23). The van der Waals surface area contributed by atoms with Gasteiger partial charge in [-0.2, -0.15) is 0 Å². The van der Waals surface area contributed by atoms with E-state index in [2.05, 4.69) is 5.32 Å². The van der Waals surface area contributed by atoms with Crippen molar-refractivity contribution in [1.29, 1.82) is 0 Å². The van der Waals surface area contributed by atoms with Crippen LogP contribution in [0.15, 0.2) is 59.0 Å². The Labute approximate surface area is 138 Å². The lowest BCUT2D eigenvalue weighted by Crippen LogP contribution is -2.12. The highest BCUT2D eigenvalue weighted by Crippen LogP contribution is 2.24. The average molecular weight is 325 g/mol. The Hall–Kier alpha value is -2.92. The normalized spacial score (nSPS) is 10.6. The number of benzene rings is 2. The third-order valence-electron chi connectivity index (χ3n) is 3.69. The Morgan fingerprint density at radius 3 is 2.58 bits per heavy atom. The van der Waals surface area contributed by atoms with Gasteiger partial charge < -0.3 is 14.8 Å². The highest BCUT2D eigenvalue weighted by molar-refractivity contribution is 6.03. The molecule has 0 saturated heterocycles. The second-order valence-corrected chi connectivity index (χ2v) is 5.43. The first-order valence-electron chi connectivity index (χ1n) is 7.44. The van der Waals surface area contributed by atoms with Gasteiger partial charge in [0.05, 0.1) is 6.61 Å². The maximum Gasteiger partial charge on any atom is 0.291 e. The number of furan rings is 1. The molecule has 0 atom stereocenters. The van der Waals surface area contributed by atoms with E-state index in [0.29, 0.717) is 22.6 Å². The lowest BCUT2D eigenvalue weighted by atomic mass is 10.1. The SMILES string of the molecule is Cc1ccc(CO)cc1NC(=O)c1ccc(-c2ccc(F)cc2)o1. The van der Waals surface area contributed by atoms with Crippen molar-refractivity contribution in [3.05, 3.63) is 77.3 Å². The zero-order chi connectivity index (χ0) is 17.1. The molecule has 2 aromatic carbocycles. The van der Waals surface area contributed by atoms with Crippen LogP contribution in [0.1, 0.15) is 21.7 Å². The molecule has 5 heteroatoms. The van der Waals surface area contributed by atoms with E-state index in [1.54, 1.807) is 36.4 Å². The van der Waals surface area contributed by atoms with Gasteiger partial charge in [0.2, 0.25) is 0 Å². The summed E-state index contributed by atoms with van der Waals surface area (Å²) < 4.78 is 18.5. The number of aliphatic hydroxyl groups excluding tert-OH is 1. The quantitative estimate of drug-likeness (QED) is 0.758. The molecular formula is C19H16FNO3. The van der Waals surface area contributed by atoms with Gasteiger partial charge in [-0.15, -0.1) is 0 Å². The molecule has 2 N–H and O–H groups in total. The molecule has 3 aromatic rings. The maximum absolute atomic E-state index is 13.0. The number of hydrogen-bond acceptors (Lipinski definition) is 3. The largest absolute Gasteiger partial charge is 0.451 e. The van der Waals surface area contributed by atoms with Crippen LogP contribution in [0.4, 0.5) is 10.1 Å². The van der Waals surface area contributed by atoms with Crippen LogP contribution in [0.5, 0.6) is 0 Å². The van der Waals surface area contributed by atoms with Gasteiger partial charge in [-0.25, -0.2) is 4.39 Å².